The van der Waals surface area contributed by atoms with Crippen LogP contribution in [0.25, 0.3) is 0 Å². The number of unbranched alkanes of at least 4 members (excludes halogenated alkanes) is 4. The molecule has 0 fully saturated rings. The van der Waals surface area contributed by atoms with Crippen LogP contribution >= 0.6 is 0 Å². The summed E-state index contributed by atoms with van der Waals surface area (Å²) in [6.07, 6.45) is 8.78. The zero-order valence-electron chi connectivity index (χ0n) is 14.6. The molecule has 2 aromatic rings. The molecule has 2 aromatic carbocycles. The van der Waals surface area contributed by atoms with E-state index in [1.807, 2.05) is 18.2 Å². The molecule has 0 saturated heterocycles. The van der Waals surface area contributed by atoms with Crippen LogP contribution in [-0.4, -0.2) is 5.11 Å². The van der Waals surface area contributed by atoms with Crippen molar-refractivity contribution in [2.24, 2.45) is 0 Å². The van der Waals surface area contributed by atoms with Crippen molar-refractivity contribution < 1.29 is 5.11 Å². The fraction of sp³-hybridized carbons (Fsp3) is 0.455. The predicted molar refractivity (Wildman–Crippen MR) is 99.1 cm³/mol. The minimum Gasteiger partial charge on any atom is -0.508 e. The Bertz CT molecular complexity index is 588. The van der Waals surface area contributed by atoms with Crippen LogP contribution in [0.5, 0.6) is 5.75 Å². The van der Waals surface area contributed by atoms with Gasteiger partial charge in [-0.3, -0.25) is 0 Å². The van der Waals surface area contributed by atoms with Crippen molar-refractivity contribution in [3.63, 3.8) is 0 Å². The van der Waals surface area contributed by atoms with Gasteiger partial charge in [0, 0.05) is 0 Å². The SMILES string of the molecule is CCCCCCCc1ccccc1CC(C)c1ccccc1O. The third kappa shape index (κ3) is 5.42. The summed E-state index contributed by atoms with van der Waals surface area (Å²) in [7, 11) is 0. The molecule has 1 N–H and O–H groups in total. The summed E-state index contributed by atoms with van der Waals surface area (Å²) in [5, 5.41) is 10.1. The second kappa shape index (κ2) is 9.39. The van der Waals surface area contributed by atoms with Crippen LogP contribution in [0.1, 0.15) is 68.6 Å². The first-order valence-corrected chi connectivity index (χ1v) is 9.07. The molecule has 1 heteroatoms. The van der Waals surface area contributed by atoms with Crippen LogP contribution in [0.15, 0.2) is 48.5 Å². The van der Waals surface area contributed by atoms with Crippen LogP contribution in [0, 0.1) is 0 Å². The fourth-order valence-corrected chi connectivity index (χ4v) is 3.26. The molecule has 1 unspecified atom stereocenters. The van der Waals surface area contributed by atoms with E-state index in [1.165, 1.54) is 49.7 Å². The van der Waals surface area contributed by atoms with E-state index in [2.05, 4.69) is 38.1 Å². The van der Waals surface area contributed by atoms with Crippen LogP contribution in [0.4, 0.5) is 0 Å². The van der Waals surface area contributed by atoms with Gasteiger partial charge in [0.15, 0.2) is 0 Å². The van der Waals surface area contributed by atoms with Gasteiger partial charge >= 0.3 is 0 Å². The maximum atomic E-state index is 10.1. The average Bonchev–Trinajstić information content (AvgIpc) is 2.56. The summed E-state index contributed by atoms with van der Waals surface area (Å²) in [5.74, 6) is 0.745. The van der Waals surface area contributed by atoms with E-state index in [4.69, 9.17) is 0 Å². The van der Waals surface area contributed by atoms with Crippen molar-refractivity contribution in [1.29, 1.82) is 0 Å². The molecule has 1 nitrogen and oxygen atoms in total. The van der Waals surface area contributed by atoms with Gasteiger partial charge in [0.2, 0.25) is 0 Å². The molecule has 23 heavy (non-hydrogen) atoms. The molecule has 0 aliphatic heterocycles. The maximum Gasteiger partial charge on any atom is 0.119 e. The molecule has 0 heterocycles. The topological polar surface area (TPSA) is 20.2 Å². The van der Waals surface area contributed by atoms with Gasteiger partial charge in [0.25, 0.3) is 0 Å². The van der Waals surface area contributed by atoms with E-state index in [0.29, 0.717) is 11.7 Å². The lowest BCUT2D eigenvalue weighted by Crippen LogP contribution is -2.02. The highest BCUT2D eigenvalue weighted by Crippen LogP contribution is 2.29. The number of hydrogen-bond donors (Lipinski definition) is 1. The highest BCUT2D eigenvalue weighted by Gasteiger charge is 2.12. The molecule has 0 aromatic heterocycles. The van der Waals surface area contributed by atoms with Gasteiger partial charge in [-0.25, -0.2) is 0 Å². The molecular formula is C22H30O. The van der Waals surface area contributed by atoms with E-state index in [9.17, 15) is 5.11 Å². The minimum atomic E-state index is 0.331. The third-order valence-corrected chi connectivity index (χ3v) is 4.66. The first kappa shape index (κ1) is 17.6. The molecule has 0 amide bonds. The average molecular weight is 310 g/mol. The summed E-state index contributed by atoms with van der Waals surface area (Å²) in [5.41, 5.74) is 3.95. The number of hydrogen-bond acceptors (Lipinski definition) is 1. The second-order valence-electron chi connectivity index (χ2n) is 6.60. The van der Waals surface area contributed by atoms with Gasteiger partial charge in [-0.1, -0.05) is 82.0 Å². The van der Waals surface area contributed by atoms with E-state index in [-0.39, 0.29) is 0 Å². The molecule has 124 valence electrons. The number of benzene rings is 2. The predicted octanol–water partition coefficient (Wildman–Crippen LogP) is 6.25. The van der Waals surface area contributed by atoms with E-state index < -0.39 is 0 Å². The van der Waals surface area contributed by atoms with Gasteiger partial charge < -0.3 is 5.11 Å². The lowest BCUT2D eigenvalue weighted by atomic mass is 9.89. The molecule has 0 bridgehead atoms. The summed E-state index contributed by atoms with van der Waals surface area (Å²) in [4.78, 5) is 0. The smallest absolute Gasteiger partial charge is 0.119 e. The second-order valence-corrected chi connectivity index (χ2v) is 6.60. The molecule has 0 aliphatic carbocycles. The van der Waals surface area contributed by atoms with Gasteiger partial charge in [0.1, 0.15) is 5.75 Å². The monoisotopic (exact) mass is 310 g/mol. The van der Waals surface area contributed by atoms with Crippen LogP contribution in [-0.2, 0) is 12.8 Å². The molecule has 0 aliphatic rings. The highest BCUT2D eigenvalue weighted by atomic mass is 16.3. The summed E-state index contributed by atoms with van der Waals surface area (Å²) < 4.78 is 0. The molecule has 0 radical (unpaired) electrons. The Labute approximate surface area is 141 Å². The molecule has 0 spiro atoms. The summed E-state index contributed by atoms with van der Waals surface area (Å²) >= 11 is 0. The number of rotatable bonds is 9. The standard InChI is InChI=1S/C22H30O/c1-3-4-5-6-7-12-19-13-8-9-14-20(19)17-18(2)21-15-10-11-16-22(21)23/h8-11,13-16,18,23H,3-7,12,17H2,1-2H3. The third-order valence-electron chi connectivity index (χ3n) is 4.66. The number of phenolic OH excluding ortho intramolecular Hbond substituents is 1. The first-order valence-electron chi connectivity index (χ1n) is 9.07. The number of para-hydroxylation sites is 1. The minimum absolute atomic E-state index is 0.331. The summed E-state index contributed by atoms with van der Waals surface area (Å²) in [6.45, 7) is 4.46. The first-order chi connectivity index (χ1) is 11.2. The van der Waals surface area contributed by atoms with Crippen LogP contribution < -0.4 is 0 Å². The van der Waals surface area contributed by atoms with Crippen molar-refractivity contribution in [1.82, 2.24) is 0 Å². The molecule has 0 saturated carbocycles. The van der Waals surface area contributed by atoms with Crippen molar-refractivity contribution in [2.45, 2.75) is 64.7 Å². The van der Waals surface area contributed by atoms with Crippen molar-refractivity contribution in [2.75, 3.05) is 0 Å². The Morgan fingerprint density at radius 3 is 2.22 bits per heavy atom. The fourth-order valence-electron chi connectivity index (χ4n) is 3.26. The van der Waals surface area contributed by atoms with Gasteiger partial charge in [-0.05, 0) is 47.9 Å². The lowest BCUT2D eigenvalue weighted by molar-refractivity contribution is 0.462. The molecule has 1 atom stereocenters. The van der Waals surface area contributed by atoms with Crippen molar-refractivity contribution >= 4 is 0 Å². The Kier molecular flexibility index (Phi) is 7.19. The Hall–Kier alpha value is -1.76. The Morgan fingerprint density at radius 2 is 1.48 bits per heavy atom. The Balaban J connectivity index is 1.98. The number of aryl methyl sites for hydroxylation is 1. The van der Waals surface area contributed by atoms with Gasteiger partial charge in [-0.15, -0.1) is 0 Å². The van der Waals surface area contributed by atoms with Crippen LogP contribution in [0.3, 0.4) is 0 Å². The quantitative estimate of drug-likeness (QED) is 0.543. The van der Waals surface area contributed by atoms with Crippen LogP contribution in [0.2, 0.25) is 0 Å². The largest absolute Gasteiger partial charge is 0.508 e. The molecule has 2 rings (SSSR count). The van der Waals surface area contributed by atoms with E-state index >= 15 is 0 Å². The number of phenols is 1. The van der Waals surface area contributed by atoms with Crippen molar-refractivity contribution in [3.05, 3.63) is 65.2 Å². The van der Waals surface area contributed by atoms with E-state index in [1.54, 1.807) is 6.07 Å². The summed E-state index contributed by atoms with van der Waals surface area (Å²) in [6, 6.07) is 16.5. The van der Waals surface area contributed by atoms with Gasteiger partial charge in [-0.2, -0.15) is 0 Å². The zero-order valence-corrected chi connectivity index (χ0v) is 14.6. The van der Waals surface area contributed by atoms with Crippen molar-refractivity contribution in [3.8, 4) is 5.75 Å². The number of aromatic hydroxyl groups is 1. The van der Waals surface area contributed by atoms with Gasteiger partial charge in [0.05, 0.1) is 0 Å². The maximum absolute atomic E-state index is 10.1. The highest BCUT2D eigenvalue weighted by molar-refractivity contribution is 5.37. The zero-order chi connectivity index (χ0) is 16.5. The Morgan fingerprint density at radius 1 is 0.826 bits per heavy atom. The van der Waals surface area contributed by atoms with E-state index in [0.717, 1.165) is 12.0 Å². The molecular weight excluding hydrogens is 280 g/mol. The lowest BCUT2D eigenvalue weighted by Gasteiger charge is -2.16. The normalized spacial score (nSPS) is 12.3.